The molecule has 2 aliphatic carbocycles. The SMILES string of the molecule is CC(C)(C(=O)O)C1CCCN(C(=O)C2C3Cc4ccccc4C32)C1. The van der Waals surface area contributed by atoms with Crippen molar-refractivity contribution in [3.05, 3.63) is 35.4 Å². The monoisotopic (exact) mass is 327 g/mol. The smallest absolute Gasteiger partial charge is 0.309 e. The van der Waals surface area contributed by atoms with Crippen molar-refractivity contribution in [1.29, 1.82) is 0 Å². The summed E-state index contributed by atoms with van der Waals surface area (Å²) in [6.45, 7) is 4.95. The number of hydrogen-bond acceptors (Lipinski definition) is 2. The fourth-order valence-electron chi connectivity index (χ4n) is 4.84. The van der Waals surface area contributed by atoms with Crippen molar-refractivity contribution in [2.75, 3.05) is 13.1 Å². The molecule has 4 atom stereocenters. The molecule has 0 radical (unpaired) electrons. The van der Waals surface area contributed by atoms with E-state index in [2.05, 4.69) is 24.3 Å². The Bertz CT molecular complexity index is 696. The zero-order chi connectivity index (χ0) is 17.1. The number of likely N-dealkylation sites (tertiary alicyclic amines) is 1. The molecule has 2 fully saturated rings. The first-order valence-corrected chi connectivity index (χ1v) is 9.01. The summed E-state index contributed by atoms with van der Waals surface area (Å²) in [5.74, 6) is 0.541. The molecule has 4 nitrogen and oxygen atoms in total. The molecule has 128 valence electrons. The first kappa shape index (κ1) is 15.7. The van der Waals surface area contributed by atoms with Crippen molar-refractivity contribution in [1.82, 2.24) is 4.90 Å². The fraction of sp³-hybridized carbons (Fsp3) is 0.600. The van der Waals surface area contributed by atoms with Gasteiger partial charge >= 0.3 is 5.97 Å². The number of piperidine rings is 1. The molecule has 1 heterocycles. The van der Waals surface area contributed by atoms with E-state index >= 15 is 0 Å². The molecular formula is C20H25NO3. The van der Waals surface area contributed by atoms with Gasteiger partial charge in [0, 0.05) is 19.0 Å². The Hall–Kier alpha value is -1.84. The molecule has 1 saturated carbocycles. The lowest BCUT2D eigenvalue weighted by atomic mass is 9.74. The normalized spacial score (nSPS) is 31.3. The Morgan fingerprint density at radius 3 is 2.75 bits per heavy atom. The Morgan fingerprint density at radius 1 is 1.25 bits per heavy atom. The molecule has 1 aromatic rings. The van der Waals surface area contributed by atoms with Crippen LogP contribution in [-0.2, 0) is 16.0 Å². The van der Waals surface area contributed by atoms with Crippen LogP contribution in [-0.4, -0.2) is 35.0 Å². The Morgan fingerprint density at radius 2 is 2.00 bits per heavy atom. The molecule has 1 amide bonds. The van der Waals surface area contributed by atoms with E-state index in [1.807, 2.05) is 4.90 Å². The van der Waals surface area contributed by atoms with Crippen LogP contribution >= 0.6 is 0 Å². The van der Waals surface area contributed by atoms with E-state index in [1.54, 1.807) is 13.8 Å². The third-order valence-electron chi connectivity index (χ3n) is 6.63. The summed E-state index contributed by atoms with van der Waals surface area (Å²) >= 11 is 0. The minimum Gasteiger partial charge on any atom is -0.481 e. The Balaban J connectivity index is 1.46. The molecule has 0 bridgehead atoms. The van der Waals surface area contributed by atoms with Gasteiger partial charge in [-0.2, -0.15) is 0 Å². The van der Waals surface area contributed by atoms with Gasteiger partial charge in [-0.1, -0.05) is 24.3 Å². The number of fused-ring (bicyclic) bond motifs is 3. The van der Waals surface area contributed by atoms with Crippen molar-refractivity contribution < 1.29 is 14.7 Å². The number of carbonyl (C=O) groups is 2. The maximum atomic E-state index is 13.0. The second-order valence-electron chi connectivity index (χ2n) is 8.27. The molecule has 1 saturated heterocycles. The molecule has 24 heavy (non-hydrogen) atoms. The van der Waals surface area contributed by atoms with Crippen LogP contribution in [0, 0.1) is 23.2 Å². The predicted molar refractivity (Wildman–Crippen MR) is 90.6 cm³/mol. The average molecular weight is 327 g/mol. The van der Waals surface area contributed by atoms with Crippen LogP contribution < -0.4 is 0 Å². The minimum atomic E-state index is -0.773. The third kappa shape index (κ3) is 2.27. The largest absolute Gasteiger partial charge is 0.481 e. The van der Waals surface area contributed by atoms with E-state index in [9.17, 15) is 14.7 Å². The highest BCUT2D eigenvalue weighted by molar-refractivity contribution is 5.85. The molecule has 0 aromatic heterocycles. The minimum absolute atomic E-state index is 0.0403. The van der Waals surface area contributed by atoms with Crippen LogP contribution in [0.2, 0.25) is 0 Å². The molecule has 0 spiro atoms. The van der Waals surface area contributed by atoms with Gasteiger partial charge in [0.2, 0.25) is 5.91 Å². The first-order valence-electron chi connectivity index (χ1n) is 9.01. The number of nitrogens with zero attached hydrogens (tertiary/aromatic N) is 1. The van der Waals surface area contributed by atoms with Gasteiger partial charge in [-0.25, -0.2) is 0 Å². The van der Waals surface area contributed by atoms with Crippen molar-refractivity contribution in [3.8, 4) is 0 Å². The molecule has 4 rings (SSSR count). The topological polar surface area (TPSA) is 57.6 Å². The zero-order valence-corrected chi connectivity index (χ0v) is 14.4. The van der Waals surface area contributed by atoms with Crippen LogP contribution in [0.15, 0.2) is 24.3 Å². The summed E-state index contributed by atoms with van der Waals surface area (Å²) in [6.07, 6.45) is 2.82. The maximum Gasteiger partial charge on any atom is 0.309 e. The van der Waals surface area contributed by atoms with Gasteiger partial charge < -0.3 is 10.0 Å². The summed E-state index contributed by atoms with van der Waals surface area (Å²) in [6, 6.07) is 8.48. The molecule has 1 aromatic carbocycles. The quantitative estimate of drug-likeness (QED) is 0.928. The lowest BCUT2D eigenvalue weighted by molar-refractivity contribution is -0.153. The molecule has 1 N–H and O–H groups in total. The standard InChI is InChI=1S/C20H25NO3/c1-20(2,19(23)24)13-7-5-9-21(11-13)18(22)17-15-10-12-6-3-4-8-14(12)16(15)17/h3-4,6,8,13,15-17H,5,7,9-11H2,1-2H3,(H,23,24). The van der Waals surface area contributed by atoms with Crippen molar-refractivity contribution in [2.24, 2.45) is 23.2 Å². The lowest BCUT2D eigenvalue weighted by Crippen LogP contribution is -2.47. The van der Waals surface area contributed by atoms with Gasteiger partial charge in [0.05, 0.1) is 5.41 Å². The number of carboxylic acids is 1. The second-order valence-corrected chi connectivity index (χ2v) is 8.27. The van der Waals surface area contributed by atoms with Gasteiger partial charge in [-0.15, -0.1) is 0 Å². The Kier molecular flexibility index (Phi) is 3.48. The van der Waals surface area contributed by atoms with Crippen LogP contribution in [0.5, 0.6) is 0 Å². The summed E-state index contributed by atoms with van der Waals surface area (Å²) in [4.78, 5) is 26.5. The number of hydrogen-bond donors (Lipinski definition) is 1. The van der Waals surface area contributed by atoms with Gasteiger partial charge in [-0.05, 0) is 62.0 Å². The van der Waals surface area contributed by atoms with E-state index in [1.165, 1.54) is 11.1 Å². The van der Waals surface area contributed by atoms with E-state index in [0.29, 0.717) is 18.4 Å². The summed E-state index contributed by atoms with van der Waals surface area (Å²) < 4.78 is 0. The highest BCUT2D eigenvalue weighted by atomic mass is 16.4. The van der Waals surface area contributed by atoms with Gasteiger partial charge in [0.1, 0.15) is 0 Å². The van der Waals surface area contributed by atoms with Crippen LogP contribution in [0.3, 0.4) is 0 Å². The maximum absolute atomic E-state index is 13.0. The van der Waals surface area contributed by atoms with Gasteiger partial charge in [-0.3, -0.25) is 9.59 Å². The van der Waals surface area contributed by atoms with E-state index < -0.39 is 11.4 Å². The summed E-state index contributed by atoms with van der Waals surface area (Å²) in [5, 5.41) is 9.48. The molecule has 1 aliphatic heterocycles. The number of carbonyl (C=O) groups excluding carboxylic acids is 1. The number of amides is 1. The van der Waals surface area contributed by atoms with E-state index in [0.717, 1.165) is 25.8 Å². The Labute approximate surface area is 142 Å². The first-order chi connectivity index (χ1) is 11.4. The number of aliphatic carboxylic acids is 1. The predicted octanol–water partition coefficient (Wildman–Crippen LogP) is 2.92. The van der Waals surface area contributed by atoms with Crippen LogP contribution in [0.25, 0.3) is 0 Å². The highest BCUT2D eigenvalue weighted by Crippen LogP contribution is 2.62. The molecular weight excluding hydrogens is 302 g/mol. The van der Waals surface area contributed by atoms with E-state index in [-0.39, 0.29) is 17.7 Å². The summed E-state index contributed by atoms with van der Waals surface area (Å²) in [5.41, 5.74) is 1.99. The second kappa shape index (κ2) is 5.33. The zero-order valence-electron chi connectivity index (χ0n) is 14.4. The molecule has 4 unspecified atom stereocenters. The summed E-state index contributed by atoms with van der Waals surface area (Å²) in [7, 11) is 0. The van der Waals surface area contributed by atoms with Crippen molar-refractivity contribution in [2.45, 2.75) is 39.0 Å². The van der Waals surface area contributed by atoms with E-state index in [4.69, 9.17) is 0 Å². The van der Waals surface area contributed by atoms with Gasteiger partial charge in [0.25, 0.3) is 0 Å². The highest BCUT2D eigenvalue weighted by Gasteiger charge is 2.60. The van der Waals surface area contributed by atoms with Crippen molar-refractivity contribution >= 4 is 11.9 Å². The number of carboxylic acid groups (broad SMARTS) is 1. The van der Waals surface area contributed by atoms with Gasteiger partial charge in [0.15, 0.2) is 0 Å². The fourth-order valence-corrected chi connectivity index (χ4v) is 4.84. The van der Waals surface area contributed by atoms with Crippen molar-refractivity contribution in [3.63, 3.8) is 0 Å². The number of benzene rings is 1. The number of rotatable bonds is 3. The van der Waals surface area contributed by atoms with Crippen LogP contribution in [0.4, 0.5) is 0 Å². The third-order valence-corrected chi connectivity index (χ3v) is 6.63. The molecule has 4 heteroatoms. The molecule has 3 aliphatic rings. The lowest BCUT2D eigenvalue weighted by Gasteiger charge is -2.39. The van der Waals surface area contributed by atoms with Crippen LogP contribution in [0.1, 0.15) is 43.7 Å². The average Bonchev–Trinajstić information content (AvgIpc) is 3.16.